The average molecular weight is 240 g/mol. The van der Waals surface area contributed by atoms with Gasteiger partial charge >= 0.3 is 0 Å². The van der Waals surface area contributed by atoms with E-state index in [-0.39, 0.29) is 11.0 Å². The van der Waals surface area contributed by atoms with Crippen LogP contribution in [0.2, 0.25) is 0 Å². The zero-order chi connectivity index (χ0) is 11.8. The third-order valence-corrected chi connectivity index (χ3v) is 3.01. The normalized spacial score (nSPS) is 11.6. The smallest absolute Gasteiger partial charge is 0.231 e. The summed E-state index contributed by atoms with van der Waals surface area (Å²) in [5.41, 5.74) is 0.555. The van der Waals surface area contributed by atoms with Crippen molar-refractivity contribution in [1.29, 1.82) is 0 Å². The Kier molecular flexibility index (Phi) is 2.51. The van der Waals surface area contributed by atoms with Crippen LogP contribution in [0.15, 0.2) is 41.8 Å². The number of hydrogen-bond donors (Lipinski definition) is 0. The number of aromatic nitrogens is 2. The highest BCUT2D eigenvalue weighted by Crippen LogP contribution is 2.14. The maximum atomic E-state index is 12.7. The summed E-state index contributed by atoms with van der Waals surface area (Å²) in [6.07, 6.45) is 3.98. The molecule has 0 aliphatic carbocycles. The topological polar surface area (TPSA) is 52.0 Å². The molecule has 0 aliphatic heterocycles. The standard InChI is InChI=1S/C10H9FN2O2S/c1-16(14,15)10-12-6-7-13(10)9-4-2-8(11)3-5-9/h2-7H,1H3. The first-order valence-corrected chi connectivity index (χ1v) is 6.37. The van der Waals surface area contributed by atoms with Crippen molar-refractivity contribution in [3.05, 3.63) is 42.5 Å². The van der Waals surface area contributed by atoms with Gasteiger partial charge < -0.3 is 0 Å². The Morgan fingerprint density at radius 2 is 1.88 bits per heavy atom. The van der Waals surface area contributed by atoms with Gasteiger partial charge in [-0.15, -0.1) is 0 Å². The number of benzene rings is 1. The number of imidazole rings is 1. The number of rotatable bonds is 2. The number of sulfone groups is 1. The van der Waals surface area contributed by atoms with Crippen molar-refractivity contribution in [2.45, 2.75) is 5.16 Å². The van der Waals surface area contributed by atoms with E-state index >= 15 is 0 Å². The summed E-state index contributed by atoms with van der Waals surface area (Å²) in [5, 5.41) is -0.0564. The average Bonchev–Trinajstić information content (AvgIpc) is 2.66. The molecule has 4 nitrogen and oxygen atoms in total. The SMILES string of the molecule is CS(=O)(=O)c1nccn1-c1ccc(F)cc1. The van der Waals surface area contributed by atoms with Gasteiger partial charge in [0.2, 0.25) is 15.0 Å². The van der Waals surface area contributed by atoms with E-state index in [4.69, 9.17) is 0 Å². The largest absolute Gasteiger partial charge is 0.291 e. The lowest BCUT2D eigenvalue weighted by Crippen LogP contribution is -2.07. The van der Waals surface area contributed by atoms with E-state index in [0.29, 0.717) is 5.69 Å². The Bertz CT molecular complexity index is 602. The fraction of sp³-hybridized carbons (Fsp3) is 0.100. The lowest BCUT2D eigenvalue weighted by Gasteiger charge is -2.05. The maximum absolute atomic E-state index is 12.7. The molecule has 0 bridgehead atoms. The molecule has 0 saturated carbocycles. The second-order valence-corrected chi connectivity index (χ2v) is 5.24. The Morgan fingerprint density at radius 1 is 1.25 bits per heavy atom. The molecule has 0 spiro atoms. The number of halogens is 1. The Balaban J connectivity index is 2.58. The van der Waals surface area contributed by atoms with Crippen LogP contribution in [-0.2, 0) is 9.84 Å². The summed E-state index contributed by atoms with van der Waals surface area (Å²) in [7, 11) is -3.39. The molecule has 1 aromatic carbocycles. The lowest BCUT2D eigenvalue weighted by molar-refractivity contribution is 0.590. The molecule has 16 heavy (non-hydrogen) atoms. The van der Waals surface area contributed by atoms with Gasteiger partial charge in [-0.05, 0) is 24.3 Å². The van der Waals surface area contributed by atoms with Crippen molar-refractivity contribution in [3.8, 4) is 5.69 Å². The monoisotopic (exact) mass is 240 g/mol. The van der Waals surface area contributed by atoms with Crippen molar-refractivity contribution in [1.82, 2.24) is 9.55 Å². The molecule has 6 heteroatoms. The van der Waals surface area contributed by atoms with Crippen LogP contribution in [0, 0.1) is 5.82 Å². The van der Waals surface area contributed by atoms with Gasteiger partial charge in [0.05, 0.1) is 0 Å². The number of nitrogens with zero attached hydrogens (tertiary/aromatic N) is 2. The van der Waals surface area contributed by atoms with E-state index in [1.807, 2.05) is 0 Å². The summed E-state index contributed by atoms with van der Waals surface area (Å²) < 4.78 is 36.9. The Morgan fingerprint density at radius 3 is 2.44 bits per heavy atom. The van der Waals surface area contributed by atoms with Crippen LogP contribution in [0.3, 0.4) is 0 Å². The molecular weight excluding hydrogens is 231 g/mol. The van der Waals surface area contributed by atoms with Gasteiger partial charge in [0, 0.05) is 24.3 Å². The van der Waals surface area contributed by atoms with E-state index in [1.54, 1.807) is 0 Å². The maximum Gasteiger partial charge on any atom is 0.231 e. The van der Waals surface area contributed by atoms with Gasteiger partial charge in [0.15, 0.2) is 0 Å². The van der Waals surface area contributed by atoms with Crippen LogP contribution >= 0.6 is 0 Å². The lowest BCUT2D eigenvalue weighted by atomic mass is 10.3. The van der Waals surface area contributed by atoms with E-state index in [0.717, 1.165) is 6.26 Å². The van der Waals surface area contributed by atoms with Gasteiger partial charge in [-0.3, -0.25) is 4.57 Å². The summed E-state index contributed by atoms with van der Waals surface area (Å²) in [6.45, 7) is 0. The molecule has 0 atom stereocenters. The van der Waals surface area contributed by atoms with Crippen LogP contribution < -0.4 is 0 Å². The first kappa shape index (κ1) is 10.8. The highest BCUT2D eigenvalue weighted by molar-refractivity contribution is 7.90. The van der Waals surface area contributed by atoms with E-state index in [2.05, 4.69) is 4.98 Å². The van der Waals surface area contributed by atoms with Crippen LogP contribution in [0.25, 0.3) is 5.69 Å². The molecule has 2 rings (SSSR count). The molecule has 1 aromatic heterocycles. The summed E-state index contributed by atoms with van der Waals surface area (Å²) in [5.74, 6) is -0.371. The quantitative estimate of drug-likeness (QED) is 0.797. The zero-order valence-electron chi connectivity index (χ0n) is 8.46. The van der Waals surface area contributed by atoms with E-state index < -0.39 is 9.84 Å². The summed E-state index contributed by atoms with van der Waals surface area (Å²) >= 11 is 0. The molecule has 0 aliphatic rings. The minimum Gasteiger partial charge on any atom is -0.291 e. The van der Waals surface area contributed by atoms with Gasteiger partial charge in [-0.25, -0.2) is 17.8 Å². The van der Waals surface area contributed by atoms with Crippen molar-refractivity contribution in [2.24, 2.45) is 0 Å². The van der Waals surface area contributed by atoms with Crippen molar-refractivity contribution >= 4 is 9.84 Å². The molecule has 0 unspecified atom stereocenters. The first-order valence-electron chi connectivity index (χ1n) is 4.48. The fourth-order valence-electron chi connectivity index (χ4n) is 1.36. The molecular formula is C10H9FN2O2S. The molecule has 0 amide bonds. The highest BCUT2D eigenvalue weighted by Gasteiger charge is 2.15. The predicted molar refractivity (Wildman–Crippen MR) is 56.6 cm³/mol. The van der Waals surface area contributed by atoms with Crippen LogP contribution in [0.1, 0.15) is 0 Å². The Hall–Kier alpha value is -1.69. The second kappa shape index (κ2) is 3.71. The molecule has 2 aromatic rings. The summed E-state index contributed by atoms with van der Waals surface area (Å²) in [6, 6.07) is 5.51. The number of hydrogen-bond acceptors (Lipinski definition) is 3. The van der Waals surface area contributed by atoms with Crippen molar-refractivity contribution in [2.75, 3.05) is 6.26 Å². The molecule has 0 N–H and O–H groups in total. The predicted octanol–water partition coefficient (Wildman–Crippen LogP) is 1.41. The van der Waals surface area contributed by atoms with Crippen molar-refractivity contribution in [3.63, 3.8) is 0 Å². The fourth-order valence-corrected chi connectivity index (χ4v) is 2.14. The molecule has 1 heterocycles. The van der Waals surface area contributed by atoms with Gasteiger partial charge in [0.1, 0.15) is 5.82 Å². The molecule has 0 fully saturated rings. The van der Waals surface area contributed by atoms with Crippen molar-refractivity contribution < 1.29 is 12.8 Å². The minimum atomic E-state index is -3.39. The second-order valence-electron chi connectivity index (χ2n) is 3.33. The van der Waals surface area contributed by atoms with E-state index in [1.165, 1.54) is 41.2 Å². The van der Waals surface area contributed by atoms with Gasteiger partial charge in [-0.2, -0.15) is 0 Å². The molecule has 0 radical (unpaired) electrons. The third kappa shape index (κ3) is 1.96. The van der Waals surface area contributed by atoms with Crippen LogP contribution in [-0.4, -0.2) is 24.2 Å². The first-order chi connectivity index (χ1) is 7.48. The van der Waals surface area contributed by atoms with Gasteiger partial charge in [-0.1, -0.05) is 0 Å². The Labute approximate surface area is 92.3 Å². The van der Waals surface area contributed by atoms with Gasteiger partial charge in [0.25, 0.3) is 0 Å². The summed E-state index contributed by atoms with van der Waals surface area (Å²) in [4.78, 5) is 3.77. The minimum absolute atomic E-state index is 0.0564. The third-order valence-electron chi connectivity index (χ3n) is 2.04. The molecule has 0 saturated heterocycles. The van der Waals surface area contributed by atoms with E-state index in [9.17, 15) is 12.8 Å². The van der Waals surface area contributed by atoms with Crippen LogP contribution in [0.5, 0.6) is 0 Å². The highest BCUT2D eigenvalue weighted by atomic mass is 32.2. The zero-order valence-corrected chi connectivity index (χ0v) is 9.28. The molecule has 84 valence electrons. The van der Waals surface area contributed by atoms with Crippen LogP contribution in [0.4, 0.5) is 4.39 Å².